The predicted octanol–water partition coefficient (Wildman–Crippen LogP) is -8.56. The number of hydrogen-bond donors (Lipinski definition) is 0. The van der Waals surface area contributed by atoms with Gasteiger partial charge in [-0.2, -0.15) is 0 Å². The van der Waals surface area contributed by atoms with Gasteiger partial charge in [0.1, 0.15) is 11.6 Å². The monoisotopic (exact) mass is 216 g/mol. The summed E-state index contributed by atoms with van der Waals surface area (Å²) in [6.07, 6.45) is -0.944. The molecule has 0 aliphatic heterocycles. The molecule has 6 nitrogen and oxygen atoms in total. The standard InChI is InChI=1S/2C4H6O3.2Li/c2*1-3(5)2-4(6)7;;/h2*2H2,1H3,(H,6,7);;/q;;2*+1/p-2. The van der Waals surface area contributed by atoms with E-state index in [-0.39, 0.29) is 49.3 Å². The van der Waals surface area contributed by atoms with Crippen molar-refractivity contribution in [3.8, 4) is 0 Å². The van der Waals surface area contributed by atoms with Crippen LogP contribution in [0.2, 0.25) is 0 Å². The van der Waals surface area contributed by atoms with Crippen molar-refractivity contribution in [2.45, 2.75) is 26.7 Å². The smallest absolute Gasteiger partial charge is 0.550 e. The molecule has 0 aliphatic carbocycles. The van der Waals surface area contributed by atoms with E-state index in [4.69, 9.17) is 0 Å². The number of carboxylic acid groups (broad SMARTS) is 2. The minimum absolute atomic E-state index is 0. The number of rotatable bonds is 4. The molecule has 0 N–H and O–H groups in total. The maximum absolute atomic E-state index is 9.83. The molecular formula is C8H10Li2O6. The molecule has 0 aromatic rings. The summed E-state index contributed by atoms with van der Waals surface area (Å²) in [5, 5.41) is 19.0. The fourth-order valence-corrected chi connectivity index (χ4v) is 0.407. The topological polar surface area (TPSA) is 114 Å². The number of ketones is 2. The third-order valence-corrected chi connectivity index (χ3v) is 0.787. The van der Waals surface area contributed by atoms with Crippen LogP contribution < -0.4 is 47.9 Å². The maximum atomic E-state index is 9.83. The Morgan fingerprint density at radius 2 is 0.938 bits per heavy atom. The average Bonchev–Trinajstić information content (AvgIpc) is 1.79. The van der Waals surface area contributed by atoms with Crippen LogP contribution in [0, 0.1) is 0 Å². The van der Waals surface area contributed by atoms with Gasteiger partial charge < -0.3 is 19.8 Å². The van der Waals surface area contributed by atoms with Crippen molar-refractivity contribution in [1.29, 1.82) is 0 Å². The molecule has 16 heavy (non-hydrogen) atoms. The Kier molecular flexibility index (Phi) is 22.3. The van der Waals surface area contributed by atoms with E-state index in [0.717, 1.165) is 0 Å². The van der Waals surface area contributed by atoms with Crippen LogP contribution in [0.5, 0.6) is 0 Å². The summed E-state index contributed by atoms with van der Waals surface area (Å²) in [6.45, 7) is 2.41. The molecular weight excluding hydrogens is 206 g/mol. The summed E-state index contributed by atoms with van der Waals surface area (Å²) in [7, 11) is 0. The van der Waals surface area contributed by atoms with E-state index in [0.29, 0.717) is 0 Å². The van der Waals surface area contributed by atoms with Crippen LogP contribution in [0.25, 0.3) is 0 Å². The van der Waals surface area contributed by atoms with Gasteiger partial charge in [-0.3, -0.25) is 9.59 Å². The summed E-state index contributed by atoms with van der Waals surface area (Å²) >= 11 is 0. The molecule has 0 bridgehead atoms. The molecule has 0 amide bonds. The second-order valence-corrected chi connectivity index (χ2v) is 2.50. The number of Topliss-reactive ketones (excluding diaryl/α,β-unsaturated/α-hetero) is 2. The number of carbonyl (C=O) groups is 4. The fraction of sp³-hybridized carbons (Fsp3) is 0.500. The van der Waals surface area contributed by atoms with Crippen LogP contribution in [0.4, 0.5) is 0 Å². The summed E-state index contributed by atoms with van der Waals surface area (Å²) in [5.74, 6) is -3.37. The van der Waals surface area contributed by atoms with Crippen molar-refractivity contribution < 1.29 is 67.1 Å². The molecule has 0 aliphatic rings. The Balaban J connectivity index is -0.0000000800. The van der Waals surface area contributed by atoms with Gasteiger partial charge in [-0.05, 0) is 13.8 Å². The van der Waals surface area contributed by atoms with Gasteiger partial charge in [-0.1, -0.05) is 0 Å². The van der Waals surface area contributed by atoms with E-state index in [1.54, 1.807) is 0 Å². The van der Waals surface area contributed by atoms with E-state index in [1.807, 2.05) is 0 Å². The van der Waals surface area contributed by atoms with Gasteiger partial charge >= 0.3 is 37.7 Å². The molecule has 0 unspecified atom stereocenters. The zero-order valence-corrected chi connectivity index (χ0v) is 9.86. The van der Waals surface area contributed by atoms with Crippen molar-refractivity contribution >= 4 is 23.5 Å². The molecule has 8 heteroatoms. The minimum Gasteiger partial charge on any atom is -0.550 e. The van der Waals surface area contributed by atoms with Crippen LogP contribution in [0.3, 0.4) is 0 Å². The number of carboxylic acids is 2. The summed E-state index contributed by atoms with van der Waals surface area (Å²) < 4.78 is 0. The third kappa shape index (κ3) is 37.5. The second kappa shape index (κ2) is 14.5. The van der Waals surface area contributed by atoms with Gasteiger partial charge in [0.2, 0.25) is 0 Å². The Bertz CT molecular complexity index is 201. The third-order valence-electron chi connectivity index (χ3n) is 0.787. The first-order chi connectivity index (χ1) is 6.25. The average molecular weight is 216 g/mol. The summed E-state index contributed by atoms with van der Waals surface area (Å²) in [6, 6.07) is 0. The van der Waals surface area contributed by atoms with Crippen LogP contribution in [-0.2, 0) is 19.2 Å². The fourth-order valence-electron chi connectivity index (χ4n) is 0.407. The minimum atomic E-state index is -1.31. The summed E-state index contributed by atoms with van der Waals surface area (Å²) in [5.41, 5.74) is 0. The molecule has 80 valence electrons. The second-order valence-electron chi connectivity index (χ2n) is 2.50. The van der Waals surface area contributed by atoms with E-state index >= 15 is 0 Å². The van der Waals surface area contributed by atoms with Crippen molar-refractivity contribution in [3.05, 3.63) is 0 Å². The van der Waals surface area contributed by atoms with E-state index in [2.05, 4.69) is 0 Å². The molecule has 0 atom stereocenters. The molecule has 0 radical (unpaired) electrons. The van der Waals surface area contributed by atoms with Gasteiger partial charge in [-0.25, -0.2) is 0 Å². The summed E-state index contributed by atoms with van der Waals surface area (Å²) in [4.78, 5) is 38.6. The van der Waals surface area contributed by atoms with Gasteiger partial charge in [0.05, 0.1) is 0 Å². The van der Waals surface area contributed by atoms with Crippen LogP contribution in [0.15, 0.2) is 0 Å². The van der Waals surface area contributed by atoms with Gasteiger partial charge in [0, 0.05) is 24.8 Å². The normalized spacial score (nSPS) is 7.12. The predicted molar refractivity (Wildman–Crippen MR) is 40.6 cm³/mol. The first-order valence-electron chi connectivity index (χ1n) is 3.64. The largest absolute Gasteiger partial charge is 1.00 e. The van der Waals surface area contributed by atoms with Gasteiger partial charge in [0.15, 0.2) is 0 Å². The Labute approximate surface area is 117 Å². The van der Waals surface area contributed by atoms with Crippen molar-refractivity contribution in [2.24, 2.45) is 0 Å². The maximum Gasteiger partial charge on any atom is 1.00 e. The molecule has 0 aromatic heterocycles. The van der Waals surface area contributed by atoms with Crippen molar-refractivity contribution in [3.63, 3.8) is 0 Å². The number of hydrogen-bond acceptors (Lipinski definition) is 6. The van der Waals surface area contributed by atoms with Crippen molar-refractivity contribution in [2.75, 3.05) is 0 Å². The quantitative estimate of drug-likeness (QED) is 0.340. The van der Waals surface area contributed by atoms with E-state index < -0.39 is 24.8 Å². The van der Waals surface area contributed by atoms with Crippen LogP contribution in [0.1, 0.15) is 26.7 Å². The molecule has 0 aromatic carbocycles. The van der Waals surface area contributed by atoms with E-state index in [1.165, 1.54) is 13.8 Å². The molecule has 0 fully saturated rings. The SMILES string of the molecule is CC(=O)CC(=O)[O-].CC(=O)CC(=O)[O-].[Li+].[Li+]. The van der Waals surface area contributed by atoms with Gasteiger partial charge in [0.25, 0.3) is 0 Å². The Hall–Kier alpha value is -0.525. The molecule has 0 heterocycles. The number of aliphatic carboxylic acids is 2. The molecule has 0 rings (SSSR count). The molecule has 0 spiro atoms. The van der Waals surface area contributed by atoms with Crippen LogP contribution in [-0.4, -0.2) is 23.5 Å². The Morgan fingerprint density at radius 3 is 0.938 bits per heavy atom. The van der Waals surface area contributed by atoms with Gasteiger partial charge in [-0.15, -0.1) is 0 Å². The molecule has 0 saturated heterocycles. The van der Waals surface area contributed by atoms with Crippen molar-refractivity contribution in [1.82, 2.24) is 0 Å². The molecule has 0 saturated carbocycles. The first-order valence-corrected chi connectivity index (χ1v) is 3.64. The number of carbonyl (C=O) groups excluding carboxylic acids is 4. The first kappa shape index (κ1) is 24.6. The van der Waals surface area contributed by atoms with E-state index in [9.17, 15) is 29.4 Å². The van der Waals surface area contributed by atoms with Crippen LogP contribution >= 0.6 is 0 Å². The zero-order valence-electron chi connectivity index (χ0n) is 9.86. The Morgan fingerprint density at radius 1 is 0.750 bits per heavy atom. The zero-order chi connectivity index (χ0) is 11.7.